The number of rotatable bonds is 2. The van der Waals surface area contributed by atoms with Crippen molar-refractivity contribution in [2.75, 3.05) is 18.0 Å². The van der Waals surface area contributed by atoms with Crippen LogP contribution in [0, 0.1) is 17.8 Å². The van der Waals surface area contributed by atoms with E-state index in [0.717, 1.165) is 48.2 Å². The fourth-order valence-corrected chi connectivity index (χ4v) is 7.10. The van der Waals surface area contributed by atoms with E-state index in [1.807, 2.05) is 29.2 Å². The molecule has 2 atom stereocenters. The quantitative estimate of drug-likeness (QED) is 0.492. The summed E-state index contributed by atoms with van der Waals surface area (Å²) in [5.74, 6) is -0.804. The minimum Gasteiger partial charge on any atom is -0.339 e. The monoisotopic (exact) mass is 476 g/mol. The lowest BCUT2D eigenvalue weighted by atomic mass is 9.55. The molecule has 0 saturated carbocycles. The largest absolute Gasteiger partial charge is 0.339 e. The average Bonchev–Trinajstić information content (AvgIpc) is 3.19. The summed E-state index contributed by atoms with van der Waals surface area (Å²) in [6, 6.07) is 23.6. The van der Waals surface area contributed by atoms with E-state index in [1.165, 1.54) is 4.90 Å². The van der Waals surface area contributed by atoms with Crippen LogP contribution < -0.4 is 4.90 Å². The highest BCUT2D eigenvalue weighted by molar-refractivity contribution is 6.23. The Morgan fingerprint density at radius 3 is 1.72 bits per heavy atom. The van der Waals surface area contributed by atoms with Gasteiger partial charge in [-0.25, -0.2) is 4.90 Å². The van der Waals surface area contributed by atoms with Crippen LogP contribution in [0.1, 0.15) is 64.2 Å². The normalized spacial score (nSPS) is 26.6. The van der Waals surface area contributed by atoms with Crippen molar-refractivity contribution in [3.8, 4) is 0 Å². The first-order valence-electron chi connectivity index (χ1n) is 13.0. The van der Waals surface area contributed by atoms with E-state index in [0.29, 0.717) is 17.2 Å². The Bertz CT molecular complexity index is 1310. The van der Waals surface area contributed by atoms with Gasteiger partial charge in [0.25, 0.3) is 5.91 Å². The number of likely N-dealkylation sites (tertiary alicyclic amines) is 1. The Balaban J connectivity index is 1.27. The van der Waals surface area contributed by atoms with Crippen molar-refractivity contribution in [3.63, 3.8) is 0 Å². The number of nitrogens with zero attached hydrogens (tertiary/aromatic N) is 2. The molecule has 5 nitrogen and oxygen atoms in total. The van der Waals surface area contributed by atoms with E-state index < -0.39 is 11.8 Å². The van der Waals surface area contributed by atoms with E-state index in [4.69, 9.17) is 0 Å². The maximum atomic E-state index is 14.0. The SMILES string of the molecule is CC1CCN(C(=O)c2cccc(N3C(=O)[C@@H]4C5c6ccccc6C(c6ccccc65)[C@@H]4C3=O)c2)CC1. The Morgan fingerprint density at radius 1 is 0.722 bits per heavy atom. The molecule has 3 amide bonds. The number of amides is 3. The van der Waals surface area contributed by atoms with Gasteiger partial charge < -0.3 is 4.90 Å². The Labute approximate surface area is 210 Å². The van der Waals surface area contributed by atoms with E-state index in [-0.39, 0.29) is 29.6 Å². The van der Waals surface area contributed by atoms with Gasteiger partial charge in [-0.15, -0.1) is 0 Å². The summed E-state index contributed by atoms with van der Waals surface area (Å²) < 4.78 is 0. The molecule has 5 aliphatic rings. The molecule has 0 spiro atoms. The molecular weight excluding hydrogens is 448 g/mol. The predicted molar refractivity (Wildman–Crippen MR) is 137 cm³/mol. The highest BCUT2D eigenvalue weighted by Crippen LogP contribution is 2.61. The number of hydrogen-bond donors (Lipinski definition) is 0. The molecule has 3 aromatic carbocycles. The number of imide groups is 1. The second-order valence-corrected chi connectivity index (χ2v) is 10.8. The van der Waals surface area contributed by atoms with Crippen LogP contribution in [-0.2, 0) is 9.59 Å². The van der Waals surface area contributed by atoms with Gasteiger partial charge in [0.2, 0.25) is 11.8 Å². The number of anilines is 1. The van der Waals surface area contributed by atoms with Crippen molar-refractivity contribution in [1.82, 2.24) is 4.90 Å². The summed E-state index contributed by atoms with van der Waals surface area (Å²) >= 11 is 0. The van der Waals surface area contributed by atoms with Gasteiger partial charge in [-0.2, -0.15) is 0 Å². The summed E-state index contributed by atoms with van der Waals surface area (Å²) in [5, 5.41) is 0. The summed E-state index contributed by atoms with van der Waals surface area (Å²) in [6.07, 6.45) is 2.00. The summed E-state index contributed by atoms with van der Waals surface area (Å²) in [4.78, 5) is 44.5. The maximum Gasteiger partial charge on any atom is 0.253 e. The second kappa shape index (κ2) is 7.89. The van der Waals surface area contributed by atoms with Crippen LogP contribution in [0.3, 0.4) is 0 Å². The third-order valence-electron chi connectivity index (χ3n) is 8.87. The minimum absolute atomic E-state index is 0.0276. The first-order chi connectivity index (χ1) is 17.5. The molecule has 0 aromatic heterocycles. The summed E-state index contributed by atoms with van der Waals surface area (Å²) in [7, 11) is 0. The summed E-state index contributed by atoms with van der Waals surface area (Å²) in [5.41, 5.74) is 5.68. The van der Waals surface area contributed by atoms with Crippen LogP contribution >= 0.6 is 0 Å². The van der Waals surface area contributed by atoms with Crippen molar-refractivity contribution in [1.29, 1.82) is 0 Å². The van der Waals surface area contributed by atoms with Crippen molar-refractivity contribution in [3.05, 3.63) is 101 Å². The van der Waals surface area contributed by atoms with Gasteiger partial charge in [0.15, 0.2) is 0 Å². The van der Waals surface area contributed by atoms with Crippen LogP contribution in [0.15, 0.2) is 72.8 Å². The van der Waals surface area contributed by atoms with Gasteiger partial charge in [-0.05, 0) is 59.2 Å². The molecule has 3 aliphatic carbocycles. The van der Waals surface area contributed by atoms with Crippen LogP contribution in [-0.4, -0.2) is 35.7 Å². The molecule has 5 heteroatoms. The van der Waals surface area contributed by atoms with E-state index in [2.05, 4.69) is 31.2 Å². The lowest BCUT2D eigenvalue weighted by Gasteiger charge is -2.45. The van der Waals surface area contributed by atoms with Gasteiger partial charge in [-0.3, -0.25) is 14.4 Å². The predicted octanol–water partition coefficient (Wildman–Crippen LogP) is 4.96. The number of benzene rings is 3. The molecular formula is C31H28N2O3. The molecule has 36 heavy (non-hydrogen) atoms. The highest BCUT2D eigenvalue weighted by atomic mass is 16.2. The molecule has 2 saturated heterocycles. The summed E-state index contributed by atoms with van der Waals surface area (Å²) in [6.45, 7) is 3.71. The zero-order valence-corrected chi connectivity index (χ0v) is 20.3. The molecule has 2 fully saturated rings. The van der Waals surface area contributed by atoms with Crippen molar-refractivity contribution < 1.29 is 14.4 Å². The van der Waals surface area contributed by atoms with Crippen LogP contribution in [0.25, 0.3) is 0 Å². The molecule has 2 heterocycles. The lowest BCUT2D eigenvalue weighted by molar-refractivity contribution is -0.122. The zero-order chi connectivity index (χ0) is 24.6. The maximum absolute atomic E-state index is 14.0. The molecule has 180 valence electrons. The molecule has 2 aliphatic heterocycles. The van der Waals surface area contributed by atoms with Gasteiger partial charge in [0.05, 0.1) is 17.5 Å². The Morgan fingerprint density at radius 2 is 1.22 bits per heavy atom. The lowest BCUT2D eigenvalue weighted by Crippen LogP contribution is -2.41. The molecule has 2 bridgehead atoms. The van der Waals surface area contributed by atoms with Crippen molar-refractivity contribution in [2.45, 2.75) is 31.6 Å². The van der Waals surface area contributed by atoms with E-state index in [9.17, 15) is 14.4 Å². The van der Waals surface area contributed by atoms with Gasteiger partial charge in [0, 0.05) is 30.5 Å². The van der Waals surface area contributed by atoms with Crippen LogP contribution in [0.4, 0.5) is 5.69 Å². The zero-order valence-electron chi connectivity index (χ0n) is 20.3. The average molecular weight is 477 g/mol. The van der Waals surface area contributed by atoms with Crippen molar-refractivity contribution >= 4 is 23.4 Å². The number of carbonyl (C=O) groups excluding carboxylic acids is 3. The first-order valence-corrected chi connectivity index (χ1v) is 13.0. The molecule has 0 N–H and O–H groups in total. The number of piperidine rings is 1. The molecule has 0 unspecified atom stereocenters. The van der Waals surface area contributed by atoms with Crippen LogP contribution in [0.5, 0.6) is 0 Å². The molecule has 0 radical (unpaired) electrons. The Kier molecular flexibility index (Phi) is 4.72. The van der Waals surface area contributed by atoms with Gasteiger partial charge in [-0.1, -0.05) is 61.5 Å². The smallest absolute Gasteiger partial charge is 0.253 e. The fraction of sp³-hybridized carbons (Fsp3) is 0.323. The van der Waals surface area contributed by atoms with Crippen LogP contribution in [0.2, 0.25) is 0 Å². The standard InChI is InChI=1S/C31H28N2O3/c1-18-13-15-32(16-14-18)29(34)19-7-6-8-20(17-19)33-30(35)27-25-21-9-2-3-10-22(21)26(28(27)31(33)36)24-12-5-4-11-23(24)25/h2-12,17-18,25-28H,13-16H2,1H3/t25?,26?,27-,28+. The number of hydrogen-bond acceptors (Lipinski definition) is 3. The third kappa shape index (κ3) is 2.92. The van der Waals surface area contributed by atoms with Crippen molar-refractivity contribution in [2.24, 2.45) is 17.8 Å². The van der Waals surface area contributed by atoms with E-state index in [1.54, 1.807) is 24.3 Å². The molecule has 3 aromatic rings. The number of carbonyl (C=O) groups is 3. The minimum atomic E-state index is -0.421. The first kappa shape index (κ1) is 21.5. The topological polar surface area (TPSA) is 57.7 Å². The second-order valence-electron chi connectivity index (χ2n) is 10.8. The molecule has 8 rings (SSSR count). The van der Waals surface area contributed by atoms with E-state index >= 15 is 0 Å². The fourth-order valence-electron chi connectivity index (χ4n) is 7.10. The van der Waals surface area contributed by atoms with Gasteiger partial charge in [0.1, 0.15) is 0 Å². The highest BCUT2D eigenvalue weighted by Gasteiger charge is 2.61. The van der Waals surface area contributed by atoms with Gasteiger partial charge >= 0.3 is 0 Å². The Hall–Kier alpha value is -3.73. The third-order valence-corrected chi connectivity index (χ3v) is 8.87.